The van der Waals surface area contributed by atoms with E-state index < -0.39 is 104 Å². The number of hydrogen-bond acceptors (Lipinski definition) is 9. The fraction of sp³-hybridized carbons (Fsp3) is 0.533. The lowest BCUT2D eigenvalue weighted by molar-refractivity contribution is -0.140. The zero-order valence-electron chi connectivity index (χ0n) is 26.2. The van der Waals surface area contributed by atoms with E-state index in [1.807, 2.05) is 6.92 Å². The average molecular weight is 666 g/mol. The van der Waals surface area contributed by atoms with Crippen LogP contribution in [0.15, 0.2) is 24.3 Å². The summed E-state index contributed by atoms with van der Waals surface area (Å²) >= 11 is 0. The van der Waals surface area contributed by atoms with Crippen LogP contribution in [0, 0.1) is 0 Å². The number of benzene rings is 1. The predicted molar refractivity (Wildman–Crippen MR) is 164 cm³/mol. The molecule has 0 spiro atoms. The summed E-state index contributed by atoms with van der Waals surface area (Å²) in [4.78, 5) is 98.5. The van der Waals surface area contributed by atoms with Crippen LogP contribution >= 0.6 is 0 Å². The molecule has 0 fully saturated rings. The first-order chi connectivity index (χ1) is 22.2. The third kappa shape index (κ3) is 16.1. The van der Waals surface area contributed by atoms with E-state index in [9.17, 15) is 53.7 Å². The number of likely N-dealkylation sites (N-methyl/N-ethyl adjacent to an activating group) is 1. The van der Waals surface area contributed by atoms with Crippen LogP contribution in [-0.4, -0.2) is 99.1 Å². The highest BCUT2D eigenvalue weighted by atomic mass is 16.4. The van der Waals surface area contributed by atoms with Gasteiger partial charge in [-0.2, -0.15) is 0 Å². The molecule has 5 amide bonds. The molecule has 0 bridgehead atoms. The van der Waals surface area contributed by atoms with E-state index in [0.29, 0.717) is 18.4 Å². The number of hydrogen-bond donors (Lipinski definition) is 9. The molecule has 47 heavy (non-hydrogen) atoms. The second-order valence-electron chi connectivity index (χ2n) is 10.7. The Bertz CT molecular complexity index is 1270. The number of carboxylic acids is 3. The van der Waals surface area contributed by atoms with Crippen molar-refractivity contribution in [1.82, 2.24) is 26.6 Å². The van der Waals surface area contributed by atoms with Gasteiger partial charge in [-0.3, -0.25) is 38.4 Å². The summed E-state index contributed by atoms with van der Waals surface area (Å²) in [6.45, 7) is 1.84. The van der Waals surface area contributed by atoms with Gasteiger partial charge in [0.25, 0.3) is 0 Å². The van der Waals surface area contributed by atoms with Crippen LogP contribution in [0.4, 0.5) is 0 Å². The molecule has 17 heteroatoms. The lowest BCUT2D eigenvalue weighted by atomic mass is 10.0. The van der Waals surface area contributed by atoms with Gasteiger partial charge in [0.15, 0.2) is 0 Å². The molecular formula is C30H43N5O12. The summed E-state index contributed by atoms with van der Waals surface area (Å²) in [7, 11) is 1.33. The Labute approximate surface area is 270 Å². The molecule has 0 aromatic heterocycles. The first-order valence-corrected chi connectivity index (χ1v) is 15.0. The number of carboxylic acid groups (broad SMARTS) is 3. The van der Waals surface area contributed by atoms with Crippen LogP contribution in [0.3, 0.4) is 0 Å². The molecule has 1 aromatic rings. The van der Waals surface area contributed by atoms with Crippen molar-refractivity contribution >= 4 is 47.4 Å². The maximum Gasteiger partial charge on any atom is 0.303 e. The van der Waals surface area contributed by atoms with Crippen LogP contribution in [0.5, 0.6) is 5.75 Å². The Morgan fingerprint density at radius 1 is 0.596 bits per heavy atom. The van der Waals surface area contributed by atoms with Gasteiger partial charge in [-0.1, -0.05) is 25.5 Å². The topological polar surface area (TPSA) is 278 Å². The number of unbranched alkanes of at least 4 members (excludes halogenated alkanes) is 1. The molecule has 260 valence electrons. The number of aromatic hydroxyl groups is 1. The molecule has 0 saturated heterocycles. The number of carbonyl (C=O) groups excluding carboxylic acids is 5. The number of carbonyl (C=O) groups is 8. The van der Waals surface area contributed by atoms with E-state index >= 15 is 0 Å². The maximum absolute atomic E-state index is 13.4. The predicted octanol–water partition coefficient (Wildman–Crippen LogP) is -0.595. The van der Waals surface area contributed by atoms with Gasteiger partial charge in [-0.15, -0.1) is 0 Å². The molecule has 9 N–H and O–H groups in total. The van der Waals surface area contributed by atoms with Crippen molar-refractivity contribution in [3.63, 3.8) is 0 Å². The second kappa shape index (κ2) is 20.7. The molecule has 0 heterocycles. The normalized spacial score (nSPS) is 13.1. The molecule has 1 rings (SSSR count). The highest BCUT2D eigenvalue weighted by Gasteiger charge is 2.32. The second-order valence-corrected chi connectivity index (χ2v) is 10.7. The van der Waals surface area contributed by atoms with Crippen molar-refractivity contribution in [3.05, 3.63) is 29.8 Å². The fourth-order valence-electron chi connectivity index (χ4n) is 4.28. The minimum atomic E-state index is -1.59. The fourth-order valence-corrected chi connectivity index (χ4v) is 4.28. The number of aliphatic carboxylic acids is 3. The first kappa shape index (κ1) is 39.8. The van der Waals surface area contributed by atoms with Gasteiger partial charge in [-0.25, -0.2) is 0 Å². The van der Waals surface area contributed by atoms with Gasteiger partial charge in [0.1, 0.15) is 29.9 Å². The van der Waals surface area contributed by atoms with E-state index in [-0.39, 0.29) is 25.0 Å². The van der Waals surface area contributed by atoms with E-state index in [0.717, 1.165) is 0 Å². The zero-order valence-corrected chi connectivity index (χ0v) is 26.2. The number of amides is 5. The smallest absolute Gasteiger partial charge is 0.303 e. The molecular weight excluding hydrogens is 622 g/mol. The Balaban J connectivity index is 3.24. The minimum absolute atomic E-state index is 0.0256. The third-order valence-electron chi connectivity index (χ3n) is 6.87. The molecule has 1 aromatic carbocycles. The Hall–Kier alpha value is -5.22. The summed E-state index contributed by atoms with van der Waals surface area (Å²) in [6, 6.07) is 0.0892. The highest BCUT2D eigenvalue weighted by Crippen LogP contribution is 2.12. The molecule has 0 radical (unpaired) electrons. The number of phenolic OH excluding ortho intramolecular Hbond substituents is 1. The highest BCUT2D eigenvalue weighted by molar-refractivity contribution is 5.96. The van der Waals surface area contributed by atoms with Gasteiger partial charge < -0.3 is 47.0 Å². The molecule has 17 nitrogen and oxygen atoms in total. The van der Waals surface area contributed by atoms with Crippen LogP contribution in [0.1, 0.15) is 70.3 Å². The molecule has 0 aliphatic rings. The van der Waals surface area contributed by atoms with E-state index in [4.69, 9.17) is 5.11 Å². The van der Waals surface area contributed by atoms with Crippen molar-refractivity contribution < 1.29 is 58.8 Å². The van der Waals surface area contributed by atoms with Crippen molar-refractivity contribution in [2.45, 2.75) is 95.3 Å². The summed E-state index contributed by atoms with van der Waals surface area (Å²) in [5.74, 6) is -8.04. The van der Waals surface area contributed by atoms with E-state index in [2.05, 4.69) is 26.6 Å². The Kier molecular flexibility index (Phi) is 17.6. The number of phenols is 1. The van der Waals surface area contributed by atoms with E-state index in [1.54, 1.807) is 0 Å². The van der Waals surface area contributed by atoms with Gasteiger partial charge in [0.2, 0.25) is 29.5 Å². The first-order valence-electron chi connectivity index (χ1n) is 15.0. The standard InChI is InChI=1S/C30H43N5O12/c1-3-4-5-23(37)32-19(10-13-24(38)39)28(45)33-20(11-14-25(40)41)29(46)34-21(12-15-26(42)43)30(47)35-22(27(44)31-2)16-17-6-8-18(36)9-7-17/h6-9,19-22,36H,3-5,10-16H2,1-2H3,(H,31,44)(H,32,37)(H,33,45)(H,34,46)(H,35,47)(H,38,39)(H,40,41)(H,42,43). The third-order valence-corrected chi connectivity index (χ3v) is 6.87. The molecule has 4 atom stereocenters. The lowest BCUT2D eigenvalue weighted by Crippen LogP contribution is -2.58. The average Bonchev–Trinajstić information content (AvgIpc) is 3.01. The quantitative estimate of drug-likeness (QED) is 0.0751. The van der Waals surface area contributed by atoms with Gasteiger partial charge in [-0.05, 0) is 43.4 Å². The Morgan fingerprint density at radius 2 is 1.00 bits per heavy atom. The summed E-state index contributed by atoms with van der Waals surface area (Å²) in [5.41, 5.74) is 0.554. The number of rotatable bonds is 22. The van der Waals surface area contributed by atoms with Crippen LogP contribution < -0.4 is 26.6 Å². The van der Waals surface area contributed by atoms with Crippen LogP contribution in [0.25, 0.3) is 0 Å². The zero-order chi connectivity index (χ0) is 35.5. The van der Waals surface area contributed by atoms with E-state index in [1.165, 1.54) is 31.3 Å². The van der Waals surface area contributed by atoms with Crippen LogP contribution in [0.2, 0.25) is 0 Å². The van der Waals surface area contributed by atoms with Crippen LogP contribution in [-0.2, 0) is 44.8 Å². The molecule has 0 aliphatic carbocycles. The Morgan fingerprint density at radius 3 is 1.38 bits per heavy atom. The summed E-state index contributed by atoms with van der Waals surface area (Å²) in [6.07, 6.45) is -1.77. The van der Waals surface area contributed by atoms with Crippen molar-refractivity contribution in [1.29, 1.82) is 0 Å². The van der Waals surface area contributed by atoms with Gasteiger partial charge >= 0.3 is 17.9 Å². The SMILES string of the molecule is CCCCC(=O)NC(CCC(=O)O)C(=O)NC(CCC(=O)O)C(=O)NC(CCC(=O)O)C(=O)NC(Cc1ccc(O)cc1)C(=O)NC. The van der Waals surface area contributed by atoms with Gasteiger partial charge in [0.05, 0.1) is 0 Å². The minimum Gasteiger partial charge on any atom is -0.508 e. The lowest BCUT2D eigenvalue weighted by Gasteiger charge is -2.26. The molecule has 0 saturated carbocycles. The largest absolute Gasteiger partial charge is 0.508 e. The van der Waals surface area contributed by atoms with Gasteiger partial charge in [0, 0.05) is 39.2 Å². The van der Waals surface area contributed by atoms with Crippen molar-refractivity contribution in [2.75, 3.05) is 7.05 Å². The maximum atomic E-state index is 13.4. The summed E-state index contributed by atoms with van der Waals surface area (Å²) in [5, 5.41) is 49.0. The number of nitrogens with one attached hydrogen (secondary N) is 5. The monoisotopic (exact) mass is 665 g/mol. The molecule has 4 unspecified atom stereocenters. The molecule has 0 aliphatic heterocycles. The summed E-state index contributed by atoms with van der Waals surface area (Å²) < 4.78 is 0. The van der Waals surface area contributed by atoms with Crippen molar-refractivity contribution in [2.24, 2.45) is 0 Å². The van der Waals surface area contributed by atoms with Crippen molar-refractivity contribution in [3.8, 4) is 5.75 Å².